The van der Waals surface area contributed by atoms with Crippen molar-refractivity contribution in [2.75, 3.05) is 16.8 Å². The largest absolute Gasteiger partial charge is 0.367 e. The molecule has 0 bridgehead atoms. The molecule has 1 aliphatic rings. The Morgan fingerprint density at radius 1 is 1.35 bits per heavy atom. The molecule has 20 heavy (non-hydrogen) atoms. The predicted molar refractivity (Wildman–Crippen MR) is 82.5 cm³/mol. The van der Waals surface area contributed by atoms with Crippen LogP contribution in [0.1, 0.15) is 17.7 Å². The zero-order valence-electron chi connectivity index (χ0n) is 10.9. The second kappa shape index (κ2) is 5.13. The number of hydrogen-bond donors (Lipinski definition) is 1. The fourth-order valence-corrected chi connectivity index (χ4v) is 4.94. The van der Waals surface area contributed by atoms with Gasteiger partial charge in [-0.3, -0.25) is 0 Å². The van der Waals surface area contributed by atoms with Gasteiger partial charge in [0.05, 0.1) is 16.9 Å². The number of halogens is 1. The van der Waals surface area contributed by atoms with Crippen molar-refractivity contribution in [2.24, 2.45) is 0 Å². The lowest BCUT2D eigenvalue weighted by Gasteiger charge is -2.23. The minimum Gasteiger partial charge on any atom is -0.367 e. The van der Waals surface area contributed by atoms with E-state index in [2.05, 4.69) is 15.3 Å². The molecular formula is C12H14ClN3O2S2. The quantitative estimate of drug-likeness (QED) is 0.856. The summed E-state index contributed by atoms with van der Waals surface area (Å²) in [5.74, 6) is 1.17. The van der Waals surface area contributed by atoms with E-state index in [1.54, 1.807) is 11.3 Å². The van der Waals surface area contributed by atoms with Crippen molar-refractivity contribution in [3.05, 3.63) is 16.2 Å². The summed E-state index contributed by atoms with van der Waals surface area (Å²) in [6.45, 7) is 2.01. The van der Waals surface area contributed by atoms with Crippen LogP contribution < -0.4 is 5.32 Å². The first kappa shape index (κ1) is 14.0. The van der Waals surface area contributed by atoms with Gasteiger partial charge in [-0.25, -0.2) is 18.4 Å². The molecule has 2 aromatic rings. The number of anilines is 1. The van der Waals surface area contributed by atoms with E-state index in [0.29, 0.717) is 18.7 Å². The van der Waals surface area contributed by atoms with Crippen LogP contribution in [-0.4, -0.2) is 35.9 Å². The van der Waals surface area contributed by atoms with Crippen molar-refractivity contribution in [3.63, 3.8) is 0 Å². The number of thiophene rings is 1. The second-order valence-corrected chi connectivity index (χ2v) is 8.86. The Labute approximate surface area is 126 Å². The molecule has 1 saturated heterocycles. The molecule has 0 saturated carbocycles. The highest BCUT2D eigenvalue weighted by molar-refractivity contribution is 7.91. The fraction of sp³-hybridized carbons (Fsp3) is 0.500. The summed E-state index contributed by atoms with van der Waals surface area (Å²) >= 11 is 7.52. The molecule has 0 atom stereocenters. The Morgan fingerprint density at radius 3 is 2.75 bits per heavy atom. The van der Waals surface area contributed by atoms with Crippen LogP contribution in [0.5, 0.6) is 0 Å². The van der Waals surface area contributed by atoms with Gasteiger partial charge in [-0.05, 0) is 37.4 Å². The van der Waals surface area contributed by atoms with E-state index < -0.39 is 9.84 Å². The molecule has 3 heterocycles. The Bertz CT molecular complexity index is 743. The number of sulfone groups is 1. The summed E-state index contributed by atoms with van der Waals surface area (Å²) in [5.41, 5.74) is 0. The van der Waals surface area contributed by atoms with Gasteiger partial charge in [-0.15, -0.1) is 11.3 Å². The van der Waals surface area contributed by atoms with Crippen molar-refractivity contribution in [3.8, 4) is 0 Å². The van der Waals surface area contributed by atoms with Crippen LogP contribution in [0.15, 0.2) is 6.07 Å². The molecule has 1 aliphatic heterocycles. The van der Waals surface area contributed by atoms with Crippen LogP contribution in [0.4, 0.5) is 5.82 Å². The van der Waals surface area contributed by atoms with Gasteiger partial charge >= 0.3 is 0 Å². The van der Waals surface area contributed by atoms with Gasteiger partial charge in [-0.2, -0.15) is 0 Å². The summed E-state index contributed by atoms with van der Waals surface area (Å²) < 4.78 is 22.9. The van der Waals surface area contributed by atoms with Gasteiger partial charge in [0, 0.05) is 10.9 Å². The number of aromatic nitrogens is 2. The normalized spacial score (nSPS) is 19.3. The molecule has 5 nitrogen and oxygen atoms in total. The Hall–Kier alpha value is -0.920. The average Bonchev–Trinajstić information content (AvgIpc) is 2.72. The maximum Gasteiger partial charge on any atom is 0.225 e. The number of rotatable bonds is 2. The standard InChI is InChI=1S/C12H14ClN3O2S2/c1-7-6-9-10(15-12(13)16-11(9)19-7)14-8-2-4-20(17,18)5-3-8/h6,8H,2-5H2,1H3,(H,14,15,16). The summed E-state index contributed by atoms with van der Waals surface area (Å²) in [5, 5.41) is 4.49. The molecule has 0 amide bonds. The average molecular weight is 332 g/mol. The first-order valence-electron chi connectivity index (χ1n) is 6.33. The van der Waals surface area contributed by atoms with Crippen LogP contribution in [0, 0.1) is 6.92 Å². The summed E-state index contributed by atoms with van der Waals surface area (Å²) in [4.78, 5) is 10.5. The van der Waals surface area contributed by atoms with Crippen LogP contribution in [0.3, 0.4) is 0 Å². The second-order valence-electron chi connectivity index (χ2n) is 4.99. The maximum absolute atomic E-state index is 11.4. The Balaban J connectivity index is 1.87. The first-order chi connectivity index (χ1) is 9.43. The van der Waals surface area contributed by atoms with Crippen molar-refractivity contribution >= 4 is 48.8 Å². The third kappa shape index (κ3) is 2.89. The monoisotopic (exact) mass is 331 g/mol. The first-order valence-corrected chi connectivity index (χ1v) is 9.35. The molecule has 2 aromatic heterocycles. The van der Waals surface area contributed by atoms with E-state index in [-0.39, 0.29) is 22.8 Å². The third-order valence-corrected chi connectivity index (χ3v) is 6.21. The number of nitrogens with zero attached hydrogens (tertiary/aromatic N) is 2. The molecular weight excluding hydrogens is 318 g/mol. The van der Waals surface area contributed by atoms with E-state index in [1.165, 1.54) is 0 Å². The minimum absolute atomic E-state index is 0.118. The fourth-order valence-electron chi connectivity index (χ4n) is 2.35. The van der Waals surface area contributed by atoms with Gasteiger partial charge in [0.25, 0.3) is 0 Å². The molecule has 8 heteroatoms. The SMILES string of the molecule is Cc1cc2c(NC3CCS(=O)(=O)CC3)nc(Cl)nc2s1. The van der Waals surface area contributed by atoms with Gasteiger partial charge in [0.15, 0.2) is 0 Å². The van der Waals surface area contributed by atoms with Crippen LogP contribution in [0.2, 0.25) is 5.28 Å². The zero-order valence-corrected chi connectivity index (χ0v) is 13.3. The number of aryl methyl sites for hydroxylation is 1. The molecule has 108 valence electrons. The zero-order chi connectivity index (χ0) is 14.3. The summed E-state index contributed by atoms with van der Waals surface area (Å²) in [6, 6.07) is 2.14. The van der Waals surface area contributed by atoms with Crippen LogP contribution >= 0.6 is 22.9 Å². The van der Waals surface area contributed by atoms with Gasteiger partial charge in [0.2, 0.25) is 5.28 Å². The Morgan fingerprint density at radius 2 is 2.05 bits per heavy atom. The lowest BCUT2D eigenvalue weighted by Crippen LogP contribution is -2.32. The number of fused-ring (bicyclic) bond motifs is 1. The lowest BCUT2D eigenvalue weighted by molar-refractivity contribution is 0.559. The molecule has 0 aliphatic carbocycles. The highest BCUT2D eigenvalue weighted by Gasteiger charge is 2.24. The highest BCUT2D eigenvalue weighted by atomic mass is 35.5. The van der Waals surface area contributed by atoms with E-state index in [9.17, 15) is 8.42 Å². The van der Waals surface area contributed by atoms with Crippen molar-refractivity contribution in [1.29, 1.82) is 0 Å². The molecule has 1 fully saturated rings. The van der Waals surface area contributed by atoms with E-state index in [0.717, 1.165) is 15.1 Å². The third-order valence-electron chi connectivity index (χ3n) is 3.38. The summed E-state index contributed by atoms with van der Waals surface area (Å²) in [7, 11) is -2.85. The highest BCUT2D eigenvalue weighted by Crippen LogP contribution is 2.30. The van der Waals surface area contributed by atoms with Crippen LogP contribution in [-0.2, 0) is 9.84 Å². The maximum atomic E-state index is 11.4. The van der Waals surface area contributed by atoms with Gasteiger partial charge in [-0.1, -0.05) is 0 Å². The van der Waals surface area contributed by atoms with E-state index in [1.807, 2.05) is 13.0 Å². The van der Waals surface area contributed by atoms with E-state index in [4.69, 9.17) is 11.6 Å². The number of nitrogens with one attached hydrogen (secondary N) is 1. The topological polar surface area (TPSA) is 72.0 Å². The molecule has 3 rings (SSSR count). The molecule has 0 radical (unpaired) electrons. The Kier molecular flexibility index (Phi) is 3.60. The molecule has 0 aromatic carbocycles. The minimum atomic E-state index is -2.85. The van der Waals surface area contributed by atoms with Crippen LogP contribution in [0.25, 0.3) is 10.2 Å². The number of hydrogen-bond acceptors (Lipinski definition) is 6. The predicted octanol–water partition coefficient (Wildman–Crippen LogP) is 2.64. The van der Waals surface area contributed by atoms with Crippen molar-refractivity contribution in [2.45, 2.75) is 25.8 Å². The van der Waals surface area contributed by atoms with Crippen molar-refractivity contribution in [1.82, 2.24) is 9.97 Å². The smallest absolute Gasteiger partial charge is 0.225 e. The molecule has 0 unspecified atom stereocenters. The van der Waals surface area contributed by atoms with Gasteiger partial charge in [0.1, 0.15) is 20.5 Å². The lowest BCUT2D eigenvalue weighted by atomic mass is 10.1. The van der Waals surface area contributed by atoms with E-state index >= 15 is 0 Å². The molecule has 1 N–H and O–H groups in total. The molecule has 0 spiro atoms. The van der Waals surface area contributed by atoms with Crippen molar-refractivity contribution < 1.29 is 8.42 Å². The summed E-state index contributed by atoms with van der Waals surface area (Å²) in [6.07, 6.45) is 1.21. The van der Waals surface area contributed by atoms with Gasteiger partial charge < -0.3 is 5.32 Å².